The number of aromatic nitrogens is 6. The molecule has 0 spiro atoms. The molecule has 5 aromatic rings. The highest BCUT2D eigenvalue weighted by Gasteiger charge is 2.27. The minimum Gasteiger partial charge on any atom is -0.497 e. The number of nitrogens with one attached hydrogen (secondary N) is 2. The van der Waals surface area contributed by atoms with Gasteiger partial charge in [-0.1, -0.05) is 6.07 Å². The molecule has 1 fully saturated rings. The van der Waals surface area contributed by atoms with Crippen molar-refractivity contribution in [2.75, 3.05) is 44.6 Å². The molecule has 3 aromatic heterocycles. The number of rotatable bonds is 8. The molecule has 0 saturated carbocycles. The van der Waals surface area contributed by atoms with E-state index in [-0.39, 0.29) is 5.92 Å². The average Bonchev–Trinajstić information content (AvgIpc) is 3.67. The molecular formula is C27H30N8O3. The standard InChI is InChI=1S/C27H30N8O3/c1-36-20-10-9-17(23(12-20)38-3)13-28-27-31-24-21(7-4-8-22(24)37-2)26-32-25(33-35(26)27)18-6-5-11-34(16-18)19-14-29-30-15-19/h4,7-10,12,14-15,18H,5-6,11,13,16H2,1-3H3,(H,28,31)(H,29,30)/t18-/m1/s1. The molecule has 2 aromatic carbocycles. The maximum atomic E-state index is 5.64. The smallest absolute Gasteiger partial charge is 0.226 e. The molecule has 11 nitrogen and oxygen atoms in total. The van der Waals surface area contributed by atoms with E-state index in [1.807, 2.05) is 53.3 Å². The molecule has 11 heteroatoms. The summed E-state index contributed by atoms with van der Waals surface area (Å²) in [6.07, 6.45) is 5.86. The van der Waals surface area contributed by atoms with Crippen LogP contribution in [0.4, 0.5) is 11.6 Å². The van der Waals surface area contributed by atoms with Crippen molar-refractivity contribution in [2.45, 2.75) is 25.3 Å². The van der Waals surface area contributed by atoms with Gasteiger partial charge >= 0.3 is 0 Å². The van der Waals surface area contributed by atoms with E-state index in [1.54, 1.807) is 21.3 Å². The first kappa shape index (κ1) is 23.8. The van der Waals surface area contributed by atoms with Gasteiger partial charge in [0, 0.05) is 48.8 Å². The molecule has 0 unspecified atom stereocenters. The summed E-state index contributed by atoms with van der Waals surface area (Å²) in [4.78, 5) is 12.3. The van der Waals surface area contributed by atoms with Gasteiger partial charge in [-0.2, -0.15) is 9.61 Å². The Hall–Kier alpha value is -4.54. The van der Waals surface area contributed by atoms with Crippen LogP contribution in [0, 0.1) is 0 Å². The zero-order valence-electron chi connectivity index (χ0n) is 21.6. The fraction of sp³-hybridized carbons (Fsp3) is 0.333. The summed E-state index contributed by atoms with van der Waals surface area (Å²) >= 11 is 0. The second-order valence-corrected chi connectivity index (χ2v) is 9.27. The van der Waals surface area contributed by atoms with Crippen molar-refractivity contribution in [1.29, 1.82) is 0 Å². The maximum absolute atomic E-state index is 5.64. The molecule has 0 amide bonds. The van der Waals surface area contributed by atoms with Crippen molar-refractivity contribution in [3.63, 3.8) is 0 Å². The number of anilines is 2. The SMILES string of the molecule is COc1ccc(CNc2nc3c(OC)cccc3c3nc([C@@H]4CCCN(c5cn[nH]c5)C4)nn23)c(OC)c1. The van der Waals surface area contributed by atoms with Crippen LogP contribution < -0.4 is 24.4 Å². The summed E-state index contributed by atoms with van der Waals surface area (Å²) < 4.78 is 18.4. The van der Waals surface area contributed by atoms with Crippen molar-refractivity contribution < 1.29 is 14.2 Å². The Labute approximate surface area is 219 Å². The van der Waals surface area contributed by atoms with Crippen LogP contribution >= 0.6 is 0 Å². The molecular weight excluding hydrogens is 484 g/mol. The molecule has 1 aliphatic heterocycles. The van der Waals surface area contributed by atoms with Gasteiger partial charge in [0.1, 0.15) is 22.8 Å². The Morgan fingerprint density at radius 2 is 1.95 bits per heavy atom. The number of benzene rings is 2. The fourth-order valence-electron chi connectivity index (χ4n) is 5.09. The van der Waals surface area contributed by atoms with Crippen LogP contribution in [0.1, 0.15) is 30.1 Å². The number of methoxy groups -OCH3 is 3. The summed E-state index contributed by atoms with van der Waals surface area (Å²) in [5, 5.41) is 16.3. The van der Waals surface area contributed by atoms with E-state index in [9.17, 15) is 0 Å². The summed E-state index contributed by atoms with van der Waals surface area (Å²) in [5.41, 5.74) is 3.53. The molecule has 196 valence electrons. The molecule has 38 heavy (non-hydrogen) atoms. The predicted molar refractivity (Wildman–Crippen MR) is 144 cm³/mol. The largest absolute Gasteiger partial charge is 0.497 e. The first-order chi connectivity index (χ1) is 18.7. The number of piperidine rings is 1. The molecule has 4 heterocycles. The average molecular weight is 515 g/mol. The number of para-hydroxylation sites is 1. The lowest BCUT2D eigenvalue weighted by molar-refractivity contribution is 0.391. The second kappa shape index (κ2) is 10.1. The number of hydrogen-bond donors (Lipinski definition) is 2. The molecule has 1 aliphatic rings. The first-order valence-electron chi connectivity index (χ1n) is 12.6. The van der Waals surface area contributed by atoms with Crippen LogP contribution in [0.25, 0.3) is 16.6 Å². The van der Waals surface area contributed by atoms with Gasteiger partial charge in [0.15, 0.2) is 11.5 Å². The number of fused-ring (bicyclic) bond motifs is 3. The molecule has 0 aliphatic carbocycles. The third-order valence-electron chi connectivity index (χ3n) is 7.07. The van der Waals surface area contributed by atoms with Crippen LogP contribution in [0.3, 0.4) is 0 Å². The lowest BCUT2D eigenvalue weighted by Crippen LogP contribution is -2.34. The fourth-order valence-corrected chi connectivity index (χ4v) is 5.09. The highest BCUT2D eigenvalue weighted by molar-refractivity contribution is 5.96. The van der Waals surface area contributed by atoms with E-state index in [1.165, 1.54) is 0 Å². The van der Waals surface area contributed by atoms with Crippen LogP contribution in [0.2, 0.25) is 0 Å². The van der Waals surface area contributed by atoms with Crippen molar-refractivity contribution in [2.24, 2.45) is 0 Å². The molecule has 0 radical (unpaired) electrons. The molecule has 1 saturated heterocycles. The van der Waals surface area contributed by atoms with E-state index in [4.69, 9.17) is 29.3 Å². The van der Waals surface area contributed by atoms with E-state index in [2.05, 4.69) is 20.4 Å². The van der Waals surface area contributed by atoms with E-state index < -0.39 is 0 Å². The van der Waals surface area contributed by atoms with Crippen LogP contribution in [-0.2, 0) is 6.54 Å². The normalized spacial score (nSPS) is 15.7. The van der Waals surface area contributed by atoms with Crippen LogP contribution in [0.5, 0.6) is 17.2 Å². The zero-order valence-corrected chi connectivity index (χ0v) is 21.6. The lowest BCUT2D eigenvalue weighted by Gasteiger charge is -2.32. The highest BCUT2D eigenvalue weighted by Crippen LogP contribution is 2.33. The summed E-state index contributed by atoms with van der Waals surface area (Å²) in [6.45, 7) is 2.29. The number of aromatic amines is 1. The van der Waals surface area contributed by atoms with Gasteiger partial charge in [-0.3, -0.25) is 5.10 Å². The molecule has 0 bridgehead atoms. The lowest BCUT2D eigenvalue weighted by atomic mass is 9.97. The quantitative estimate of drug-likeness (QED) is 0.317. The Morgan fingerprint density at radius 3 is 2.74 bits per heavy atom. The van der Waals surface area contributed by atoms with E-state index >= 15 is 0 Å². The number of ether oxygens (including phenoxy) is 3. The van der Waals surface area contributed by atoms with Gasteiger partial charge in [0.05, 0.1) is 33.2 Å². The van der Waals surface area contributed by atoms with Gasteiger partial charge in [-0.05, 0) is 37.1 Å². The number of hydrogen-bond acceptors (Lipinski definition) is 9. The molecule has 6 rings (SSSR count). The number of nitrogens with zero attached hydrogens (tertiary/aromatic N) is 6. The van der Waals surface area contributed by atoms with E-state index in [0.29, 0.717) is 18.2 Å². The van der Waals surface area contributed by atoms with Crippen LogP contribution in [-0.4, -0.2) is 64.2 Å². The minimum atomic E-state index is 0.189. The van der Waals surface area contributed by atoms with Gasteiger partial charge in [-0.25, -0.2) is 9.97 Å². The maximum Gasteiger partial charge on any atom is 0.226 e. The molecule has 2 N–H and O–H groups in total. The van der Waals surface area contributed by atoms with Crippen molar-refractivity contribution in [3.05, 3.63) is 60.2 Å². The number of H-pyrrole nitrogens is 1. The third-order valence-corrected chi connectivity index (χ3v) is 7.07. The Balaban J connectivity index is 1.39. The Morgan fingerprint density at radius 1 is 1.05 bits per heavy atom. The minimum absolute atomic E-state index is 0.189. The van der Waals surface area contributed by atoms with Crippen LogP contribution in [0.15, 0.2) is 48.8 Å². The Kier molecular flexibility index (Phi) is 6.32. The van der Waals surface area contributed by atoms with Gasteiger partial charge < -0.3 is 24.4 Å². The Bertz CT molecular complexity index is 1570. The molecule has 1 atom stereocenters. The van der Waals surface area contributed by atoms with E-state index in [0.717, 1.165) is 71.1 Å². The van der Waals surface area contributed by atoms with Crippen molar-refractivity contribution >= 4 is 28.2 Å². The van der Waals surface area contributed by atoms with Crippen molar-refractivity contribution in [3.8, 4) is 17.2 Å². The highest BCUT2D eigenvalue weighted by atomic mass is 16.5. The monoisotopic (exact) mass is 514 g/mol. The third kappa shape index (κ3) is 4.29. The summed E-state index contributed by atoms with van der Waals surface area (Å²) in [7, 11) is 4.94. The van der Waals surface area contributed by atoms with Gasteiger partial charge in [-0.15, -0.1) is 5.10 Å². The summed E-state index contributed by atoms with van der Waals surface area (Å²) in [5.74, 6) is 3.72. The van der Waals surface area contributed by atoms with Gasteiger partial charge in [0.25, 0.3) is 0 Å². The topological polar surface area (TPSA) is 115 Å². The first-order valence-corrected chi connectivity index (χ1v) is 12.6. The van der Waals surface area contributed by atoms with Crippen molar-refractivity contribution in [1.82, 2.24) is 29.8 Å². The zero-order chi connectivity index (χ0) is 26.1. The predicted octanol–water partition coefficient (Wildman–Crippen LogP) is 4.02. The van der Waals surface area contributed by atoms with Gasteiger partial charge in [0.2, 0.25) is 5.95 Å². The second-order valence-electron chi connectivity index (χ2n) is 9.27. The summed E-state index contributed by atoms with van der Waals surface area (Å²) in [6, 6.07) is 11.6.